The summed E-state index contributed by atoms with van der Waals surface area (Å²) in [6.07, 6.45) is 1.79. The van der Waals surface area contributed by atoms with E-state index in [0.29, 0.717) is 6.54 Å². The van der Waals surface area contributed by atoms with Crippen molar-refractivity contribution in [3.63, 3.8) is 0 Å². The molecule has 0 saturated carbocycles. The van der Waals surface area contributed by atoms with Crippen molar-refractivity contribution in [3.05, 3.63) is 46.5 Å². The van der Waals surface area contributed by atoms with Gasteiger partial charge in [-0.3, -0.25) is 9.67 Å². The summed E-state index contributed by atoms with van der Waals surface area (Å²) < 4.78 is 1.81. The maximum absolute atomic E-state index is 6.16. The molecule has 0 radical (unpaired) electrons. The quantitative estimate of drug-likeness (QED) is 0.903. The Labute approximate surface area is 106 Å². The summed E-state index contributed by atoms with van der Waals surface area (Å²) >= 11 is 6.16. The van der Waals surface area contributed by atoms with Gasteiger partial charge in [0.2, 0.25) is 0 Å². The summed E-state index contributed by atoms with van der Waals surface area (Å²) in [7, 11) is 1.90. The highest BCUT2D eigenvalue weighted by molar-refractivity contribution is 6.31. The predicted octanol–water partition coefficient (Wildman–Crippen LogP) is 2.07. The number of nitrogens with one attached hydrogen (secondary N) is 1. The summed E-state index contributed by atoms with van der Waals surface area (Å²) in [4.78, 5) is 4.24. The minimum Gasteiger partial charge on any atom is -0.305 e. The second-order valence-corrected chi connectivity index (χ2v) is 4.27. The Morgan fingerprint density at radius 3 is 2.76 bits per heavy atom. The number of hydrogen-bond acceptors (Lipinski definition) is 3. The Balaban J connectivity index is 1.95. The Kier molecular flexibility index (Phi) is 3.76. The van der Waals surface area contributed by atoms with E-state index >= 15 is 0 Å². The molecule has 0 atom stereocenters. The fourth-order valence-corrected chi connectivity index (χ4v) is 1.91. The predicted molar refractivity (Wildman–Crippen MR) is 67.7 cm³/mol. The fourth-order valence-electron chi connectivity index (χ4n) is 1.68. The molecule has 4 nitrogen and oxygen atoms in total. The molecule has 0 amide bonds. The van der Waals surface area contributed by atoms with E-state index in [1.165, 1.54) is 0 Å². The molecule has 2 aromatic heterocycles. The van der Waals surface area contributed by atoms with E-state index in [-0.39, 0.29) is 0 Å². The summed E-state index contributed by atoms with van der Waals surface area (Å²) in [5.74, 6) is 0. The van der Waals surface area contributed by atoms with E-state index in [9.17, 15) is 0 Å². The first-order valence-corrected chi connectivity index (χ1v) is 5.85. The molecule has 0 spiro atoms. The molecule has 0 saturated heterocycles. The van der Waals surface area contributed by atoms with Crippen molar-refractivity contribution < 1.29 is 0 Å². The highest BCUT2D eigenvalue weighted by Crippen LogP contribution is 2.18. The second kappa shape index (κ2) is 5.29. The Morgan fingerprint density at radius 2 is 2.18 bits per heavy atom. The standard InChI is InChI=1S/C12H15ClN4/c1-9-12(13)11(17(2)16-9)8-14-7-10-5-3-4-6-15-10/h3-6,14H,7-8H2,1-2H3. The van der Waals surface area contributed by atoms with Gasteiger partial charge in [0.1, 0.15) is 0 Å². The molecule has 17 heavy (non-hydrogen) atoms. The molecule has 0 fully saturated rings. The molecule has 0 aromatic carbocycles. The zero-order valence-electron chi connectivity index (χ0n) is 9.94. The molecule has 5 heteroatoms. The van der Waals surface area contributed by atoms with Gasteiger partial charge in [-0.1, -0.05) is 17.7 Å². The lowest BCUT2D eigenvalue weighted by molar-refractivity contribution is 0.618. The van der Waals surface area contributed by atoms with Crippen molar-refractivity contribution in [1.29, 1.82) is 0 Å². The Hall–Kier alpha value is -1.39. The largest absolute Gasteiger partial charge is 0.305 e. The summed E-state index contributed by atoms with van der Waals surface area (Å²) in [6, 6.07) is 5.87. The highest BCUT2D eigenvalue weighted by Gasteiger charge is 2.09. The van der Waals surface area contributed by atoms with E-state index in [1.807, 2.05) is 36.9 Å². The molecule has 2 rings (SSSR count). The van der Waals surface area contributed by atoms with Gasteiger partial charge in [-0.15, -0.1) is 0 Å². The number of aryl methyl sites for hydroxylation is 2. The van der Waals surface area contributed by atoms with Crippen molar-refractivity contribution >= 4 is 11.6 Å². The molecule has 0 bridgehead atoms. The molecule has 0 unspecified atom stereocenters. The number of aromatic nitrogens is 3. The van der Waals surface area contributed by atoms with Crippen LogP contribution in [0.5, 0.6) is 0 Å². The van der Waals surface area contributed by atoms with Crippen molar-refractivity contribution in [3.8, 4) is 0 Å². The first-order valence-electron chi connectivity index (χ1n) is 5.47. The average molecular weight is 251 g/mol. The minimum absolute atomic E-state index is 0.687. The highest BCUT2D eigenvalue weighted by atomic mass is 35.5. The molecule has 0 aliphatic rings. The fraction of sp³-hybridized carbons (Fsp3) is 0.333. The smallest absolute Gasteiger partial charge is 0.0860 e. The molecule has 0 aliphatic carbocycles. The van der Waals surface area contributed by atoms with Crippen molar-refractivity contribution in [2.75, 3.05) is 0 Å². The van der Waals surface area contributed by atoms with Crippen LogP contribution in [-0.4, -0.2) is 14.8 Å². The van der Waals surface area contributed by atoms with E-state index in [4.69, 9.17) is 11.6 Å². The molecular weight excluding hydrogens is 236 g/mol. The van der Waals surface area contributed by atoms with Crippen LogP contribution in [0.15, 0.2) is 24.4 Å². The number of pyridine rings is 1. The van der Waals surface area contributed by atoms with E-state index in [2.05, 4.69) is 15.4 Å². The number of halogens is 1. The maximum atomic E-state index is 6.16. The number of hydrogen-bond donors (Lipinski definition) is 1. The monoisotopic (exact) mass is 250 g/mol. The third-order valence-corrected chi connectivity index (χ3v) is 3.08. The third kappa shape index (κ3) is 2.84. The van der Waals surface area contributed by atoms with Gasteiger partial charge in [-0.2, -0.15) is 5.10 Å². The van der Waals surface area contributed by atoms with Crippen LogP contribution in [0.2, 0.25) is 5.02 Å². The number of nitrogens with zero attached hydrogens (tertiary/aromatic N) is 3. The third-order valence-electron chi connectivity index (χ3n) is 2.59. The molecule has 2 aromatic rings. The van der Waals surface area contributed by atoms with Crippen LogP contribution in [0.3, 0.4) is 0 Å². The maximum Gasteiger partial charge on any atom is 0.0860 e. The van der Waals surface area contributed by atoms with Crippen LogP contribution < -0.4 is 5.32 Å². The van der Waals surface area contributed by atoms with Crippen molar-refractivity contribution in [1.82, 2.24) is 20.1 Å². The SMILES string of the molecule is Cc1nn(C)c(CNCc2ccccn2)c1Cl. The lowest BCUT2D eigenvalue weighted by Gasteiger charge is -2.05. The van der Waals surface area contributed by atoms with Crippen molar-refractivity contribution in [2.24, 2.45) is 7.05 Å². The van der Waals surface area contributed by atoms with E-state index in [0.717, 1.165) is 28.6 Å². The van der Waals surface area contributed by atoms with Crippen LogP contribution in [0.25, 0.3) is 0 Å². The van der Waals surface area contributed by atoms with Gasteiger partial charge in [0.15, 0.2) is 0 Å². The van der Waals surface area contributed by atoms with Gasteiger partial charge >= 0.3 is 0 Å². The second-order valence-electron chi connectivity index (χ2n) is 3.89. The lowest BCUT2D eigenvalue weighted by Crippen LogP contribution is -2.16. The van der Waals surface area contributed by atoms with Gasteiger partial charge < -0.3 is 5.32 Å². The van der Waals surface area contributed by atoms with Gasteiger partial charge in [0.05, 0.1) is 22.1 Å². The first kappa shape index (κ1) is 12.1. The van der Waals surface area contributed by atoms with Crippen LogP contribution in [-0.2, 0) is 20.1 Å². The van der Waals surface area contributed by atoms with Crippen LogP contribution in [0.1, 0.15) is 17.1 Å². The van der Waals surface area contributed by atoms with Crippen LogP contribution >= 0.6 is 11.6 Å². The first-order chi connectivity index (χ1) is 8.18. The van der Waals surface area contributed by atoms with E-state index < -0.39 is 0 Å². The summed E-state index contributed by atoms with van der Waals surface area (Å²) in [5.41, 5.74) is 2.88. The molecule has 90 valence electrons. The molecule has 2 heterocycles. The molecule has 0 aliphatic heterocycles. The van der Waals surface area contributed by atoms with Gasteiger partial charge in [-0.05, 0) is 19.1 Å². The molecular formula is C12H15ClN4. The summed E-state index contributed by atoms with van der Waals surface area (Å²) in [5, 5.41) is 8.31. The zero-order chi connectivity index (χ0) is 12.3. The van der Waals surface area contributed by atoms with Gasteiger partial charge in [0.25, 0.3) is 0 Å². The number of rotatable bonds is 4. The molecule has 1 N–H and O–H groups in total. The Bertz CT molecular complexity index is 493. The van der Waals surface area contributed by atoms with Gasteiger partial charge in [0, 0.05) is 26.3 Å². The van der Waals surface area contributed by atoms with Crippen molar-refractivity contribution in [2.45, 2.75) is 20.0 Å². The lowest BCUT2D eigenvalue weighted by atomic mass is 10.3. The normalized spacial score (nSPS) is 10.8. The summed E-state index contributed by atoms with van der Waals surface area (Å²) in [6.45, 7) is 3.32. The topological polar surface area (TPSA) is 42.7 Å². The van der Waals surface area contributed by atoms with Gasteiger partial charge in [-0.25, -0.2) is 0 Å². The van der Waals surface area contributed by atoms with Crippen LogP contribution in [0.4, 0.5) is 0 Å². The minimum atomic E-state index is 0.687. The Morgan fingerprint density at radius 1 is 1.35 bits per heavy atom. The van der Waals surface area contributed by atoms with E-state index in [1.54, 1.807) is 6.20 Å². The van der Waals surface area contributed by atoms with Crippen LogP contribution in [0, 0.1) is 6.92 Å². The average Bonchev–Trinajstić information content (AvgIpc) is 2.57. The zero-order valence-corrected chi connectivity index (χ0v) is 10.7.